The Morgan fingerprint density at radius 2 is 1.38 bits per heavy atom. The van der Waals surface area contributed by atoms with Crippen LogP contribution in [0.1, 0.15) is 30.4 Å². The number of hydrogen-bond acceptors (Lipinski definition) is 0. The van der Waals surface area contributed by atoms with Crippen LogP contribution in [0.2, 0.25) is 0 Å². The Bertz CT molecular complexity index is 283. The zero-order valence-electron chi connectivity index (χ0n) is 8.00. The van der Waals surface area contributed by atoms with Crippen molar-refractivity contribution >= 4 is 0 Å². The minimum absolute atomic E-state index is 1.01. The standard InChI is InChI=1S/C13H16/c1-2-4-13-9-11-6-5-10(7-11)8-12(13)3-1/h1-4,10-11H,5-9H2. The van der Waals surface area contributed by atoms with E-state index in [1.807, 2.05) is 0 Å². The van der Waals surface area contributed by atoms with E-state index in [0.717, 1.165) is 11.8 Å². The molecule has 0 aliphatic heterocycles. The summed E-state index contributed by atoms with van der Waals surface area (Å²) in [6, 6.07) is 9.04. The third-order valence-electron chi connectivity index (χ3n) is 3.79. The van der Waals surface area contributed by atoms with E-state index in [2.05, 4.69) is 24.3 Å². The molecule has 13 heavy (non-hydrogen) atoms. The van der Waals surface area contributed by atoms with Crippen LogP contribution in [0.15, 0.2) is 24.3 Å². The molecule has 1 fully saturated rings. The lowest BCUT2D eigenvalue weighted by atomic mass is 9.94. The van der Waals surface area contributed by atoms with Crippen molar-refractivity contribution in [2.45, 2.75) is 32.1 Å². The molecule has 1 aromatic rings. The van der Waals surface area contributed by atoms with Gasteiger partial charge in [-0.3, -0.25) is 0 Å². The third kappa shape index (κ3) is 1.29. The van der Waals surface area contributed by atoms with Crippen LogP contribution in [0.25, 0.3) is 0 Å². The molecule has 2 aliphatic rings. The normalized spacial score (nSPS) is 31.1. The van der Waals surface area contributed by atoms with Gasteiger partial charge in [-0.1, -0.05) is 24.3 Å². The molecule has 0 aromatic heterocycles. The van der Waals surface area contributed by atoms with Gasteiger partial charge < -0.3 is 0 Å². The Hall–Kier alpha value is -0.780. The summed E-state index contributed by atoms with van der Waals surface area (Å²) in [5.74, 6) is 2.02. The molecule has 2 unspecified atom stereocenters. The predicted molar refractivity (Wildman–Crippen MR) is 54.7 cm³/mol. The SMILES string of the molecule is c1ccc2c(c1)CC1CCC(C2)C1. The topological polar surface area (TPSA) is 0 Å². The fourth-order valence-electron chi connectivity index (χ4n) is 3.13. The van der Waals surface area contributed by atoms with Crippen molar-refractivity contribution in [3.05, 3.63) is 35.4 Å². The van der Waals surface area contributed by atoms with Crippen molar-refractivity contribution < 1.29 is 0 Å². The van der Waals surface area contributed by atoms with Crippen LogP contribution >= 0.6 is 0 Å². The van der Waals surface area contributed by atoms with Crippen LogP contribution in [-0.2, 0) is 12.8 Å². The van der Waals surface area contributed by atoms with E-state index >= 15 is 0 Å². The van der Waals surface area contributed by atoms with Gasteiger partial charge in [0.05, 0.1) is 0 Å². The minimum atomic E-state index is 1.01. The lowest BCUT2D eigenvalue weighted by Gasteiger charge is -2.12. The highest BCUT2D eigenvalue weighted by molar-refractivity contribution is 5.29. The molecule has 1 aromatic carbocycles. The molecule has 68 valence electrons. The molecule has 0 heterocycles. The summed E-state index contributed by atoms with van der Waals surface area (Å²) in [6.45, 7) is 0. The molecule has 0 saturated heterocycles. The summed E-state index contributed by atoms with van der Waals surface area (Å²) in [7, 11) is 0. The van der Waals surface area contributed by atoms with Gasteiger partial charge in [0.25, 0.3) is 0 Å². The van der Waals surface area contributed by atoms with Gasteiger partial charge >= 0.3 is 0 Å². The highest BCUT2D eigenvalue weighted by atomic mass is 14.3. The molecule has 0 amide bonds. The van der Waals surface area contributed by atoms with Crippen LogP contribution < -0.4 is 0 Å². The molecule has 1 saturated carbocycles. The maximum absolute atomic E-state index is 2.33. The van der Waals surface area contributed by atoms with Gasteiger partial charge in [0.2, 0.25) is 0 Å². The van der Waals surface area contributed by atoms with Gasteiger partial charge in [-0.05, 0) is 55.1 Å². The summed E-state index contributed by atoms with van der Waals surface area (Å²) in [5.41, 5.74) is 3.27. The Morgan fingerprint density at radius 1 is 0.846 bits per heavy atom. The molecular formula is C13H16. The second-order valence-electron chi connectivity index (χ2n) is 4.72. The Labute approximate surface area is 80.0 Å². The van der Waals surface area contributed by atoms with Crippen LogP contribution in [0.3, 0.4) is 0 Å². The second-order valence-corrected chi connectivity index (χ2v) is 4.72. The maximum atomic E-state index is 2.33. The number of rotatable bonds is 0. The van der Waals surface area contributed by atoms with Crippen molar-refractivity contribution in [2.24, 2.45) is 11.8 Å². The summed E-state index contributed by atoms with van der Waals surface area (Å²) >= 11 is 0. The van der Waals surface area contributed by atoms with Gasteiger partial charge in [-0.15, -0.1) is 0 Å². The van der Waals surface area contributed by atoms with Crippen LogP contribution in [0.4, 0.5) is 0 Å². The molecular weight excluding hydrogens is 156 g/mol. The summed E-state index contributed by atoms with van der Waals surface area (Å²) in [5, 5.41) is 0. The van der Waals surface area contributed by atoms with Gasteiger partial charge in [-0.2, -0.15) is 0 Å². The first-order valence-corrected chi connectivity index (χ1v) is 5.48. The maximum Gasteiger partial charge on any atom is -0.0248 e. The number of fused-ring (bicyclic) bond motifs is 3. The fraction of sp³-hybridized carbons (Fsp3) is 0.538. The minimum Gasteiger partial charge on any atom is -0.0620 e. The molecule has 2 aliphatic carbocycles. The van der Waals surface area contributed by atoms with E-state index in [4.69, 9.17) is 0 Å². The van der Waals surface area contributed by atoms with Crippen molar-refractivity contribution in [3.8, 4) is 0 Å². The molecule has 0 radical (unpaired) electrons. The van der Waals surface area contributed by atoms with E-state index in [1.54, 1.807) is 11.1 Å². The Morgan fingerprint density at radius 3 is 1.92 bits per heavy atom. The van der Waals surface area contributed by atoms with E-state index in [1.165, 1.54) is 32.1 Å². The first-order chi connectivity index (χ1) is 6.42. The lowest BCUT2D eigenvalue weighted by Crippen LogP contribution is -2.01. The quantitative estimate of drug-likeness (QED) is 0.563. The van der Waals surface area contributed by atoms with Gasteiger partial charge in [-0.25, -0.2) is 0 Å². The van der Waals surface area contributed by atoms with Crippen molar-refractivity contribution in [1.82, 2.24) is 0 Å². The molecule has 0 spiro atoms. The first kappa shape index (κ1) is 7.61. The lowest BCUT2D eigenvalue weighted by molar-refractivity contribution is 0.509. The highest BCUT2D eigenvalue weighted by Crippen LogP contribution is 2.39. The Balaban J connectivity index is 2.01. The van der Waals surface area contributed by atoms with E-state index in [9.17, 15) is 0 Å². The van der Waals surface area contributed by atoms with E-state index in [0.29, 0.717) is 0 Å². The average Bonchev–Trinajstić information content (AvgIpc) is 2.48. The molecule has 3 rings (SSSR count). The van der Waals surface area contributed by atoms with Crippen LogP contribution in [0.5, 0.6) is 0 Å². The van der Waals surface area contributed by atoms with Gasteiger partial charge in [0.1, 0.15) is 0 Å². The molecule has 0 heteroatoms. The van der Waals surface area contributed by atoms with Crippen molar-refractivity contribution in [2.75, 3.05) is 0 Å². The predicted octanol–water partition coefficient (Wildman–Crippen LogP) is 3.20. The average molecular weight is 172 g/mol. The third-order valence-corrected chi connectivity index (χ3v) is 3.79. The summed E-state index contributed by atoms with van der Waals surface area (Å²) in [4.78, 5) is 0. The molecule has 2 atom stereocenters. The monoisotopic (exact) mass is 172 g/mol. The van der Waals surface area contributed by atoms with Crippen molar-refractivity contribution in [1.29, 1.82) is 0 Å². The van der Waals surface area contributed by atoms with Crippen molar-refractivity contribution in [3.63, 3.8) is 0 Å². The largest absolute Gasteiger partial charge is 0.0620 e. The van der Waals surface area contributed by atoms with Crippen LogP contribution in [-0.4, -0.2) is 0 Å². The zero-order chi connectivity index (χ0) is 8.67. The van der Waals surface area contributed by atoms with E-state index in [-0.39, 0.29) is 0 Å². The number of benzene rings is 1. The molecule has 2 bridgehead atoms. The molecule has 0 nitrogen and oxygen atoms in total. The Kier molecular flexibility index (Phi) is 1.68. The van der Waals surface area contributed by atoms with Gasteiger partial charge in [0, 0.05) is 0 Å². The van der Waals surface area contributed by atoms with Crippen LogP contribution in [0, 0.1) is 11.8 Å². The highest BCUT2D eigenvalue weighted by Gasteiger charge is 2.28. The number of hydrogen-bond donors (Lipinski definition) is 0. The zero-order valence-corrected chi connectivity index (χ0v) is 8.00. The summed E-state index contributed by atoms with van der Waals surface area (Å²) < 4.78 is 0. The second kappa shape index (κ2) is 2.87. The summed E-state index contributed by atoms with van der Waals surface area (Å²) in [6.07, 6.45) is 7.17. The smallest absolute Gasteiger partial charge is 0.0248 e. The first-order valence-electron chi connectivity index (χ1n) is 5.48. The van der Waals surface area contributed by atoms with Gasteiger partial charge in [0.15, 0.2) is 0 Å². The molecule has 0 N–H and O–H groups in total. The van der Waals surface area contributed by atoms with E-state index < -0.39 is 0 Å². The fourth-order valence-corrected chi connectivity index (χ4v) is 3.13.